The number of hydrogen-bond donors (Lipinski definition) is 2. The second-order valence-corrected chi connectivity index (χ2v) is 5.59. The number of rotatable bonds is 6. The molecule has 23 heavy (non-hydrogen) atoms. The molecule has 0 bridgehead atoms. The first-order chi connectivity index (χ1) is 11.1. The van der Waals surface area contributed by atoms with Gasteiger partial charge in [-0.1, -0.05) is 29.8 Å². The predicted molar refractivity (Wildman–Crippen MR) is 93.7 cm³/mol. The normalized spacial score (nSPS) is 11.6. The van der Waals surface area contributed by atoms with E-state index < -0.39 is 0 Å². The number of aromatic nitrogens is 3. The highest BCUT2D eigenvalue weighted by Gasteiger charge is 2.05. The highest BCUT2D eigenvalue weighted by Crippen LogP contribution is 2.14. The first-order valence-electron chi connectivity index (χ1n) is 7.72. The van der Waals surface area contributed by atoms with Crippen molar-refractivity contribution in [3.63, 3.8) is 0 Å². The summed E-state index contributed by atoms with van der Waals surface area (Å²) in [6.07, 6.45) is 0.840. The van der Waals surface area contributed by atoms with Gasteiger partial charge in [-0.2, -0.15) is 0 Å². The van der Waals surface area contributed by atoms with E-state index in [0.29, 0.717) is 6.54 Å². The summed E-state index contributed by atoms with van der Waals surface area (Å²) in [4.78, 5) is 4.55. The number of hydrogen-bond acceptors (Lipinski definition) is 3. The molecule has 2 rings (SSSR count). The van der Waals surface area contributed by atoms with E-state index in [-0.39, 0.29) is 0 Å². The lowest BCUT2D eigenvalue weighted by atomic mass is 10.1. The van der Waals surface area contributed by atoms with Crippen LogP contribution in [0.2, 0.25) is 5.02 Å². The van der Waals surface area contributed by atoms with Gasteiger partial charge in [-0.15, -0.1) is 10.2 Å². The molecule has 0 fully saturated rings. The van der Waals surface area contributed by atoms with Gasteiger partial charge in [0.05, 0.1) is 0 Å². The fraction of sp³-hybridized carbons (Fsp3) is 0.438. The lowest BCUT2D eigenvalue weighted by Gasteiger charge is -2.11. The van der Waals surface area contributed by atoms with Crippen LogP contribution in [0.1, 0.15) is 24.1 Å². The number of nitrogens with zero attached hydrogens (tertiary/aromatic N) is 4. The minimum atomic E-state index is 0.485. The van der Waals surface area contributed by atoms with Crippen LogP contribution >= 0.6 is 11.6 Å². The Bertz CT molecular complexity index is 664. The van der Waals surface area contributed by atoms with Gasteiger partial charge < -0.3 is 15.2 Å². The maximum absolute atomic E-state index is 6.17. The molecule has 1 aromatic heterocycles. The molecular weight excluding hydrogens is 312 g/mol. The topological polar surface area (TPSA) is 67.1 Å². The Hall–Kier alpha value is -2.08. The molecule has 0 saturated heterocycles. The van der Waals surface area contributed by atoms with E-state index in [1.165, 1.54) is 0 Å². The molecule has 0 atom stereocenters. The van der Waals surface area contributed by atoms with E-state index in [1.54, 1.807) is 0 Å². The standard InChI is InChI=1S/C16H23ClN6/c1-4-18-16(20-11-15-22-21-12(2)23(15)3)19-10-9-13-7-5-6-8-14(13)17/h5-8H,4,9-11H2,1-3H3,(H2,18,19,20). The second kappa shape index (κ2) is 8.53. The average Bonchev–Trinajstić information content (AvgIpc) is 2.86. The molecule has 0 saturated carbocycles. The van der Waals surface area contributed by atoms with Crippen molar-refractivity contribution in [2.45, 2.75) is 26.8 Å². The SMILES string of the molecule is CCNC(=NCc1nnc(C)n1C)NCCc1ccccc1Cl. The minimum absolute atomic E-state index is 0.485. The van der Waals surface area contributed by atoms with Gasteiger partial charge in [0.25, 0.3) is 0 Å². The van der Waals surface area contributed by atoms with Gasteiger partial charge in [0.1, 0.15) is 12.4 Å². The smallest absolute Gasteiger partial charge is 0.191 e. The Morgan fingerprint density at radius 3 is 2.70 bits per heavy atom. The van der Waals surface area contributed by atoms with Crippen molar-refractivity contribution in [2.24, 2.45) is 12.0 Å². The number of benzene rings is 1. The van der Waals surface area contributed by atoms with Crippen LogP contribution in [0.15, 0.2) is 29.3 Å². The zero-order valence-corrected chi connectivity index (χ0v) is 14.6. The summed E-state index contributed by atoms with van der Waals surface area (Å²) in [5, 5.41) is 15.5. The molecular formula is C16H23ClN6. The fourth-order valence-corrected chi connectivity index (χ4v) is 2.33. The molecule has 0 aliphatic carbocycles. The van der Waals surface area contributed by atoms with Crippen molar-refractivity contribution < 1.29 is 0 Å². The molecule has 0 amide bonds. The highest BCUT2D eigenvalue weighted by molar-refractivity contribution is 6.31. The van der Waals surface area contributed by atoms with E-state index in [0.717, 1.165) is 47.7 Å². The molecule has 7 heteroatoms. The van der Waals surface area contributed by atoms with Crippen LogP contribution in [0.5, 0.6) is 0 Å². The van der Waals surface area contributed by atoms with Crippen molar-refractivity contribution >= 4 is 17.6 Å². The van der Waals surface area contributed by atoms with Gasteiger partial charge >= 0.3 is 0 Å². The number of aliphatic imine (C=N–C) groups is 1. The maximum atomic E-state index is 6.17. The minimum Gasteiger partial charge on any atom is -0.357 e. The number of guanidine groups is 1. The van der Waals surface area contributed by atoms with Crippen LogP contribution in [0, 0.1) is 6.92 Å². The van der Waals surface area contributed by atoms with Gasteiger partial charge in [-0.05, 0) is 31.9 Å². The lowest BCUT2D eigenvalue weighted by molar-refractivity contribution is 0.753. The zero-order valence-electron chi connectivity index (χ0n) is 13.8. The molecule has 1 heterocycles. The lowest BCUT2D eigenvalue weighted by Crippen LogP contribution is -2.38. The van der Waals surface area contributed by atoms with E-state index in [2.05, 4.69) is 25.8 Å². The third kappa shape index (κ3) is 4.96. The summed E-state index contributed by atoms with van der Waals surface area (Å²) < 4.78 is 1.94. The van der Waals surface area contributed by atoms with Crippen LogP contribution in [0.25, 0.3) is 0 Å². The summed E-state index contributed by atoms with van der Waals surface area (Å²) in [7, 11) is 1.94. The molecule has 0 aliphatic rings. The van der Waals surface area contributed by atoms with E-state index in [1.807, 2.05) is 49.7 Å². The number of aryl methyl sites for hydroxylation is 1. The molecule has 124 valence electrons. The summed E-state index contributed by atoms with van der Waals surface area (Å²) in [5.41, 5.74) is 1.13. The van der Waals surface area contributed by atoms with Crippen LogP contribution in [-0.2, 0) is 20.0 Å². The molecule has 0 unspecified atom stereocenters. The van der Waals surface area contributed by atoms with Crippen molar-refractivity contribution in [3.8, 4) is 0 Å². The fourth-order valence-electron chi connectivity index (χ4n) is 2.10. The van der Waals surface area contributed by atoms with Gasteiger partial charge in [-0.25, -0.2) is 4.99 Å². The first kappa shape index (κ1) is 17.3. The van der Waals surface area contributed by atoms with Gasteiger partial charge in [0.2, 0.25) is 0 Å². The molecule has 6 nitrogen and oxygen atoms in total. The third-order valence-corrected chi connectivity index (χ3v) is 3.92. The first-order valence-corrected chi connectivity index (χ1v) is 8.10. The maximum Gasteiger partial charge on any atom is 0.191 e. The average molecular weight is 335 g/mol. The van der Waals surface area contributed by atoms with Crippen LogP contribution < -0.4 is 10.6 Å². The van der Waals surface area contributed by atoms with Crippen LogP contribution in [0.3, 0.4) is 0 Å². The quantitative estimate of drug-likeness (QED) is 0.627. The second-order valence-electron chi connectivity index (χ2n) is 5.19. The summed E-state index contributed by atoms with van der Waals surface area (Å²) in [5.74, 6) is 2.48. The van der Waals surface area contributed by atoms with Crippen molar-refractivity contribution in [1.82, 2.24) is 25.4 Å². The van der Waals surface area contributed by atoms with Crippen molar-refractivity contribution in [1.29, 1.82) is 0 Å². The molecule has 2 aromatic rings. The third-order valence-electron chi connectivity index (χ3n) is 3.55. The molecule has 0 spiro atoms. The van der Waals surface area contributed by atoms with Crippen molar-refractivity contribution in [2.75, 3.05) is 13.1 Å². The Labute approximate surface area is 142 Å². The van der Waals surface area contributed by atoms with Crippen LogP contribution in [-0.4, -0.2) is 33.8 Å². The van der Waals surface area contributed by atoms with Gasteiger partial charge in [0, 0.05) is 25.2 Å². The molecule has 2 N–H and O–H groups in total. The molecule has 0 aliphatic heterocycles. The largest absolute Gasteiger partial charge is 0.357 e. The van der Waals surface area contributed by atoms with Gasteiger partial charge in [0.15, 0.2) is 11.8 Å². The number of halogens is 1. The monoisotopic (exact) mass is 334 g/mol. The Morgan fingerprint density at radius 2 is 2.04 bits per heavy atom. The van der Waals surface area contributed by atoms with E-state index in [9.17, 15) is 0 Å². The molecule has 0 radical (unpaired) electrons. The summed E-state index contributed by atoms with van der Waals surface area (Å²) >= 11 is 6.17. The van der Waals surface area contributed by atoms with E-state index in [4.69, 9.17) is 11.6 Å². The zero-order chi connectivity index (χ0) is 16.7. The van der Waals surface area contributed by atoms with Crippen LogP contribution in [0.4, 0.5) is 0 Å². The Kier molecular flexibility index (Phi) is 6.40. The Balaban J connectivity index is 1.91. The van der Waals surface area contributed by atoms with E-state index >= 15 is 0 Å². The Morgan fingerprint density at radius 1 is 1.26 bits per heavy atom. The molecule has 1 aromatic carbocycles. The number of nitrogens with one attached hydrogen (secondary N) is 2. The van der Waals surface area contributed by atoms with Gasteiger partial charge in [-0.3, -0.25) is 0 Å². The summed E-state index contributed by atoms with van der Waals surface area (Å²) in [6, 6.07) is 7.88. The van der Waals surface area contributed by atoms with Crippen molar-refractivity contribution in [3.05, 3.63) is 46.5 Å². The predicted octanol–water partition coefficient (Wildman–Crippen LogP) is 2.07. The highest BCUT2D eigenvalue weighted by atomic mass is 35.5. The summed E-state index contributed by atoms with van der Waals surface area (Å²) in [6.45, 7) is 6.01.